The summed E-state index contributed by atoms with van der Waals surface area (Å²) in [6.07, 6.45) is 0.0786. The first-order chi connectivity index (χ1) is 6.93. The van der Waals surface area contributed by atoms with Gasteiger partial charge in [0.1, 0.15) is 6.04 Å². The predicted molar refractivity (Wildman–Crippen MR) is 50.9 cm³/mol. The van der Waals surface area contributed by atoms with E-state index in [0.29, 0.717) is 0 Å². The number of aliphatic carboxylic acids is 1. The maximum atomic E-state index is 10.6. The molecule has 0 aliphatic rings. The third-order valence-electron chi connectivity index (χ3n) is 1.37. The Morgan fingerprint density at radius 3 is 2.60 bits per heavy atom. The number of carbonyl (C=O) groups is 2. The highest BCUT2D eigenvalue weighted by atomic mass is 16.6. The zero-order chi connectivity index (χ0) is 11.8. The Balaban J connectivity index is 3.81. The zero-order valence-corrected chi connectivity index (χ0v) is 8.24. The van der Waals surface area contributed by atoms with Gasteiger partial charge in [-0.3, -0.25) is 15.0 Å². The van der Waals surface area contributed by atoms with Gasteiger partial charge in [0.2, 0.25) is 11.9 Å². The van der Waals surface area contributed by atoms with Crippen molar-refractivity contribution in [1.82, 2.24) is 10.8 Å². The number of nitrogens with one attached hydrogen (secondary N) is 3. The van der Waals surface area contributed by atoms with E-state index in [4.69, 9.17) is 16.2 Å². The summed E-state index contributed by atoms with van der Waals surface area (Å²) in [7, 11) is 0. The lowest BCUT2D eigenvalue weighted by molar-refractivity contribution is -0.142. The van der Waals surface area contributed by atoms with Crippen molar-refractivity contribution in [2.45, 2.75) is 19.4 Å². The summed E-state index contributed by atoms with van der Waals surface area (Å²) < 4.78 is 0. The van der Waals surface area contributed by atoms with Crippen molar-refractivity contribution in [1.29, 1.82) is 5.41 Å². The number of hydrogen-bond donors (Lipinski definition) is 5. The molecule has 0 bridgehead atoms. The quantitative estimate of drug-likeness (QED) is 0.157. The normalized spacial score (nSPS) is 11.5. The Kier molecular flexibility index (Phi) is 5.79. The number of carboxylic acid groups (broad SMARTS) is 1. The molecular formula is C7H14N4O4. The van der Waals surface area contributed by atoms with Crippen LogP contribution < -0.4 is 16.5 Å². The highest BCUT2D eigenvalue weighted by molar-refractivity contribution is 5.82. The molecular weight excluding hydrogens is 204 g/mol. The lowest BCUT2D eigenvalue weighted by Crippen LogP contribution is -2.41. The molecule has 0 unspecified atom stereocenters. The van der Waals surface area contributed by atoms with E-state index in [-0.39, 0.29) is 19.0 Å². The monoisotopic (exact) mass is 218 g/mol. The predicted octanol–water partition coefficient (Wildman–Crippen LogP) is -1.62. The smallest absolute Gasteiger partial charge is 0.326 e. The molecule has 15 heavy (non-hydrogen) atoms. The van der Waals surface area contributed by atoms with Crippen molar-refractivity contribution >= 4 is 17.8 Å². The molecule has 0 aromatic rings. The topological polar surface area (TPSA) is 138 Å². The van der Waals surface area contributed by atoms with E-state index in [1.165, 1.54) is 6.92 Å². The number of rotatable bonds is 6. The van der Waals surface area contributed by atoms with Crippen LogP contribution in [0, 0.1) is 5.41 Å². The summed E-state index contributed by atoms with van der Waals surface area (Å²) in [6.45, 7) is 1.24. The minimum Gasteiger partial charge on any atom is -0.480 e. The molecule has 0 rings (SSSR count). The number of hydrogen-bond acceptors (Lipinski definition) is 4. The summed E-state index contributed by atoms with van der Waals surface area (Å²) in [5, 5.41) is 17.6. The van der Waals surface area contributed by atoms with Crippen molar-refractivity contribution in [2.24, 2.45) is 5.73 Å². The molecule has 0 saturated carbocycles. The highest BCUT2D eigenvalue weighted by Crippen LogP contribution is 1.92. The van der Waals surface area contributed by atoms with Gasteiger partial charge < -0.3 is 16.2 Å². The zero-order valence-electron chi connectivity index (χ0n) is 8.24. The summed E-state index contributed by atoms with van der Waals surface area (Å²) >= 11 is 0. The van der Waals surface area contributed by atoms with Crippen LogP contribution >= 0.6 is 0 Å². The molecule has 0 saturated heterocycles. The van der Waals surface area contributed by atoms with E-state index in [1.807, 2.05) is 5.48 Å². The molecule has 0 heterocycles. The van der Waals surface area contributed by atoms with Gasteiger partial charge in [0.15, 0.2) is 0 Å². The minimum atomic E-state index is -1.14. The van der Waals surface area contributed by atoms with Gasteiger partial charge in [0, 0.05) is 13.3 Å². The van der Waals surface area contributed by atoms with Crippen molar-refractivity contribution in [3.8, 4) is 0 Å². The van der Waals surface area contributed by atoms with E-state index < -0.39 is 17.9 Å². The number of hydroxylamine groups is 1. The van der Waals surface area contributed by atoms with Gasteiger partial charge in [-0.25, -0.2) is 10.3 Å². The van der Waals surface area contributed by atoms with Crippen LogP contribution in [-0.2, 0) is 14.4 Å². The summed E-state index contributed by atoms with van der Waals surface area (Å²) in [5.74, 6) is -1.94. The Morgan fingerprint density at radius 1 is 1.60 bits per heavy atom. The van der Waals surface area contributed by atoms with Crippen molar-refractivity contribution in [2.75, 3.05) is 6.61 Å². The maximum Gasteiger partial charge on any atom is 0.326 e. The second-order valence-corrected chi connectivity index (χ2v) is 2.74. The van der Waals surface area contributed by atoms with E-state index in [0.717, 1.165) is 0 Å². The molecule has 0 fully saturated rings. The Labute approximate surface area is 86.2 Å². The van der Waals surface area contributed by atoms with Gasteiger partial charge in [-0.2, -0.15) is 0 Å². The summed E-state index contributed by atoms with van der Waals surface area (Å²) in [5.41, 5.74) is 6.96. The molecule has 0 radical (unpaired) electrons. The van der Waals surface area contributed by atoms with Crippen LogP contribution in [0.3, 0.4) is 0 Å². The largest absolute Gasteiger partial charge is 0.480 e. The standard InChI is InChI=1S/C7H14N4O4/c1-4(12)10-5(6(13)14)2-3-15-11-7(8)9/h5H,2-3H2,1H3,(H,10,12)(H,13,14)(H4,8,9,11)/t5-/m0/s1. The molecule has 8 nitrogen and oxygen atoms in total. The molecule has 0 aliphatic heterocycles. The van der Waals surface area contributed by atoms with Crippen LogP contribution in [0.4, 0.5) is 0 Å². The number of carboxylic acids is 1. The molecule has 86 valence electrons. The first-order valence-corrected chi connectivity index (χ1v) is 4.15. The molecule has 6 N–H and O–H groups in total. The van der Waals surface area contributed by atoms with Crippen LogP contribution in [0.2, 0.25) is 0 Å². The van der Waals surface area contributed by atoms with Crippen LogP contribution in [0.15, 0.2) is 0 Å². The minimum absolute atomic E-state index is 0.0107. The third-order valence-corrected chi connectivity index (χ3v) is 1.37. The Morgan fingerprint density at radius 2 is 2.20 bits per heavy atom. The van der Waals surface area contributed by atoms with E-state index in [1.54, 1.807) is 0 Å². The lowest BCUT2D eigenvalue weighted by Gasteiger charge is -2.12. The first kappa shape index (κ1) is 13.2. The fraction of sp³-hybridized carbons (Fsp3) is 0.571. The van der Waals surface area contributed by atoms with Gasteiger partial charge in [0.25, 0.3) is 0 Å². The van der Waals surface area contributed by atoms with Gasteiger partial charge in [-0.1, -0.05) is 0 Å². The summed E-state index contributed by atoms with van der Waals surface area (Å²) in [4.78, 5) is 25.9. The maximum absolute atomic E-state index is 10.6. The number of guanidine groups is 1. The first-order valence-electron chi connectivity index (χ1n) is 4.15. The van der Waals surface area contributed by atoms with Crippen molar-refractivity contribution in [3.05, 3.63) is 0 Å². The Bertz CT molecular complexity index is 255. The van der Waals surface area contributed by atoms with Crippen LogP contribution in [0.1, 0.15) is 13.3 Å². The molecule has 1 amide bonds. The van der Waals surface area contributed by atoms with Crippen molar-refractivity contribution < 1.29 is 19.5 Å². The number of amides is 1. The van der Waals surface area contributed by atoms with Crippen LogP contribution in [0.5, 0.6) is 0 Å². The fourth-order valence-corrected chi connectivity index (χ4v) is 0.808. The molecule has 0 aromatic heterocycles. The van der Waals surface area contributed by atoms with Crippen LogP contribution in [-0.4, -0.2) is 35.6 Å². The molecule has 0 aromatic carbocycles. The van der Waals surface area contributed by atoms with Gasteiger partial charge >= 0.3 is 5.97 Å². The molecule has 1 atom stereocenters. The van der Waals surface area contributed by atoms with Crippen LogP contribution in [0.25, 0.3) is 0 Å². The van der Waals surface area contributed by atoms with E-state index in [2.05, 4.69) is 10.2 Å². The van der Waals surface area contributed by atoms with Gasteiger partial charge in [-0.05, 0) is 0 Å². The van der Waals surface area contributed by atoms with E-state index >= 15 is 0 Å². The SMILES string of the molecule is CC(=O)N[C@@H](CCONC(=N)N)C(=O)O. The molecule has 0 aliphatic carbocycles. The van der Waals surface area contributed by atoms with Crippen molar-refractivity contribution in [3.63, 3.8) is 0 Å². The second kappa shape index (κ2) is 6.60. The average Bonchev–Trinajstić information content (AvgIpc) is 2.08. The van der Waals surface area contributed by atoms with E-state index in [9.17, 15) is 9.59 Å². The van der Waals surface area contributed by atoms with Gasteiger partial charge in [-0.15, -0.1) is 0 Å². The number of carbonyl (C=O) groups excluding carboxylic acids is 1. The molecule has 0 spiro atoms. The Hall–Kier alpha value is -1.83. The fourth-order valence-electron chi connectivity index (χ4n) is 0.808. The second-order valence-electron chi connectivity index (χ2n) is 2.74. The summed E-state index contributed by atoms with van der Waals surface area (Å²) in [6, 6.07) is -1.00. The average molecular weight is 218 g/mol. The molecule has 8 heteroatoms. The highest BCUT2D eigenvalue weighted by Gasteiger charge is 2.17. The lowest BCUT2D eigenvalue weighted by atomic mass is 10.2. The van der Waals surface area contributed by atoms with Gasteiger partial charge in [0.05, 0.1) is 6.61 Å². The third kappa shape index (κ3) is 7.26. The number of nitrogens with two attached hydrogens (primary N) is 1.